The topological polar surface area (TPSA) is 151 Å². The first-order valence-electron chi connectivity index (χ1n) is 9.96. The van der Waals surface area contributed by atoms with Gasteiger partial charge in [-0.15, -0.1) is 0 Å². The molecule has 12 nitrogen and oxygen atoms in total. The average Bonchev–Trinajstić information content (AvgIpc) is 2.82. The zero-order valence-electron chi connectivity index (χ0n) is 17.5. The smallest absolute Gasteiger partial charge is 0.271 e. The lowest BCUT2D eigenvalue weighted by Gasteiger charge is -2.27. The third kappa shape index (κ3) is 6.17. The van der Waals surface area contributed by atoms with Crippen LogP contribution in [0.4, 0.5) is 29.2 Å². The molecule has 0 aliphatic carbocycles. The molecule has 2 aromatic carbocycles. The molecule has 0 bridgehead atoms. The van der Waals surface area contributed by atoms with Crippen LogP contribution in [0.2, 0.25) is 0 Å². The van der Waals surface area contributed by atoms with Crippen molar-refractivity contribution in [2.45, 2.75) is 0 Å². The zero-order valence-corrected chi connectivity index (χ0v) is 21.8. The first kappa shape index (κ1) is 24.3. The third-order valence-electron chi connectivity index (χ3n) is 4.66. The van der Waals surface area contributed by atoms with E-state index in [0.29, 0.717) is 47.1 Å². The van der Waals surface area contributed by atoms with Crippen molar-refractivity contribution in [1.82, 2.24) is 15.0 Å². The number of phenols is 1. The summed E-state index contributed by atoms with van der Waals surface area (Å²) >= 11 is 4.22. The fourth-order valence-corrected chi connectivity index (χ4v) is 4.94. The second-order valence-electron chi connectivity index (χ2n) is 7.01. The number of hydrogen-bond acceptors (Lipinski definition) is 11. The maximum absolute atomic E-state index is 11.1. The number of rotatable bonds is 7. The number of nitrogens with zero attached hydrogens (tertiary/aromatic N) is 6. The van der Waals surface area contributed by atoms with Crippen LogP contribution < -0.4 is 15.6 Å². The van der Waals surface area contributed by atoms with Gasteiger partial charge in [0.2, 0.25) is 17.8 Å². The number of benzene rings is 2. The Kier molecular flexibility index (Phi) is 7.88. The number of anilines is 4. The van der Waals surface area contributed by atoms with Crippen molar-refractivity contribution in [1.29, 1.82) is 0 Å². The molecule has 14 heteroatoms. The first-order chi connectivity index (χ1) is 16.4. The standard InChI is InChI=1S/C20H18I2N8O4/c21-13-8-12(17(31)16(22)9-13)11-23-28-19-25-18(24-14-2-1-3-15(10-14)30(32)33)26-20(27-19)29-4-6-34-7-5-29/h1-3,8-11,31H,4-7H2,(H2,24,25,26,27,28)/b23-11+. The van der Waals surface area contributed by atoms with E-state index in [4.69, 9.17) is 4.74 Å². The molecule has 176 valence electrons. The van der Waals surface area contributed by atoms with Gasteiger partial charge in [0.15, 0.2) is 0 Å². The van der Waals surface area contributed by atoms with Crippen molar-refractivity contribution >= 4 is 80.6 Å². The lowest BCUT2D eigenvalue weighted by molar-refractivity contribution is -0.384. The molecule has 0 saturated carbocycles. The molecule has 0 radical (unpaired) electrons. The summed E-state index contributed by atoms with van der Waals surface area (Å²) in [6, 6.07) is 9.70. The molecule has 3 N–H and O–H groups in total. The van der Waals surface area contributed by atoms with Gasteiger partial charge in [0.1, 0.15) is 5.75 Å². The van der Waals surface area contributed by atoms with Crippen LogP contribution in [0.3, 0.4) is 0 Å². The summed E-state index contributed by atoms with van der Waals surface area (Å²) in [5.41, 5.74) is 3.73. The maximum atomic E-state index is 11.1. The molecule has 1 aliphatic rings. The van der Waals surface area contributed by atoms with Crippen molar-refractivity contribution in [3.63, 3.8) is 0 Å². The van der Waals surface area contributed by atoms with Crippen molar-refractivity contribution < 1.29 is 14.8 Å². The Morgan fingerprint density at radius 3 is 2.68 bits per heavy atom. The molecule has 1 saturated heterocycles. The van der Waals surface area contributed by atoms with E-state index in [1.54, 1.807) is 18.2 Å². The fraction of sp³-hybridized carbons (Fsp3) is 0.200. The molecule has 4 rings (SSSR count). The minimum atomic E-state index is -0.471. The number of non-ortho nitro benzene ring substituents is 1. The van der Waals surface area contributed by atoms with Gasteiger partial charge in [-0.1, -0.05) is 6.07 Å². The van der Waals surface area contributed by atoms with Crippen molar-refractivity contribution in [3.05, 3.63) is 59.2 Å². The van der Waals surface area contributed by atoms with Crippen LogP contribution in [0, 0.1) is 17.3 Å². The van der Waals surface area contributed by atoms with E-state index in [0.717, 1.165) is 3.57 Å². The largest absolute Gasteiger partial charge is 0.506 e. The quantitative estimate of drug-likeness (QED) is 0.145. The van der Waals surface area contributed by atoms with Crippen LogP contribution >= 0.6 is 45.2 Å². The summed E-state index contributed by atoms with van der Waals surface area (Å²) in [6.45, 7) is 2.31. The van der Waals surface area contributed by atoms with Crippen molar-refractivity contribution in [2.24, 2.45) is 5.10 Å². The Bertz CT molecular complexity index is 1240. The molecule has 3 aromatic rings. The Hall–Kier alpha value is -2.86. The van der Waals surface area contributed by atoms with E-state index in [2.05, 4.69) is 76.0 Å². The number of aromatic hydroxyl groups is 1. The number of hydrogen-bond donors (Lipinski definition) is 3. The molecule has 1 aliphatic heterocycles. The fourth-order valence-electron chi connectivity index (χ4n) is 3.05. The molecule has 34 heavy (non-hydrogen) atoms. The number of phenolic OH excluding ortho intramolecular Hbond substituents is 1. The predicted molar refractivity (Wildman–Crippen MR) is 144 cm³/mol. The molecule has 0 atom stereocenters. The number of nitrogens with one attached hydrogen (secondary N) is 2. The maximum Gasteiger partial charge on any atom is 0.271 e. The lowest BCUT2D eigenvalue weighted by Crippen LogP contribution is -2.37. The van der Waals surface area contributed by atoms with Crippen LogP contribution in [0.5, 0.6) is 5.75 Å². The SMILES string of the molecule is O=[N+]([O-])c1cccc(Nc2nc(N/N=C/c3cc(I)cc(I)c3O)nc(N3CCOCC3)n2)c1. The Morgan fingerprint density at radius 1 is 1.15 bits per heavy atom. The van der Waals surface area contributed by atoms with E-state index in [1.165, 1.54) is 18.3 Å². The number of ether oxygens (including phenoxy) is 1. The number of nitro benzene ring substituents is 1. The average molecular weight is 688 g/mol. The van der Waals surface area contributed by atoms with Gasteiger partial charge in [0, 0.05) is 40.0 Å². The van der Waals surface area contributed by atoms with Gasteiger partial charge in [-0.3, -0.25) is 10.1 Å². The van der Waals surface area contributed by atoms with E-state index >= 15 is 0 Å². The lowest BCUT2D eigenvalue weighted by atomic mass is 10.2. The second kappa shape index (κ2) is 11.0. The minimum absolute atomic E-state index is 0.0534. The summed E-state index contributed by atoms with van der Waals surface area (Å²) in [5, 5.41) is 28.5. The van der Waals surface area contributed by atoms with Crippen LogP contribution in [0.1, 0.15) is 5.56 Å². The van der Waals surface area contributed by atoms with E-state index in [-0.39, 0.29) is 23.3 Å². The van der Waals surface area contributed by atoms with Crippen LogP contribution in [0.25, 0.3) is 0 Å². The van der Waals surface area contributed by atoms with Gasteiger partial charge in [0.05, 0.1) is 27.9 Å². The highest BCUT2D eigenvalue weighted by Gasteiger charge is 2.17. The van der Waals surface area contributed by atoms with Crippen LogP contribution in [-0.4, -0.2) is 57.5 Å². The summed E-state index contributed by atoms with van der Waals surface area (Å²) < 4.78 is 7.07. The van der Waals surface area contributed by atoms with E-state index in [9.17, 15) is 15.2 Å². The number of nitro groups is 1. The van der Waals surface area contributed by atoms with E-state index in [1.807, 2.05) is 11.0 Å². The first-order valence-corrected chi connectivity index (χ1v) is 12.1. The highest BCUT2D eigenvalue weighted by molar-refractivity contribution is 14.1. The Morgan fingerprint density at radius 2 is 1.91 bits per heavy atom. The molecule has 0 spiro atoms. The number of halogens is 2. The van der Waals surface area contributed by atoms with Crippen LogP contribution in [-0.2, 0) is 4.74 Å². The van der Waals surface area contributed by atoms with Crippen LogP contribution in [0.15, 0.2) is 41.5 Å². The number of aromatic nitrogens is 3. The highest BCUT2D eigenvalue weighted by Crippen LogP contribution is 2.26. The molecule has 1 aromatic heterocycles. The van der Waals surface area contributed by atoms with Gasteiger partial charge in [-0.05, 0) is 63.4 Å². The molecule has 0 unspecified atom stereocenters. The zero-order chi connectivity index (χ0) is 24.1. The Labute approximate surface area is 221 Å². The monoisotopic (exact) mass is 688 g/mol. The van der Waals surface area contributed by atoms with Gasteiger partial charge in [0.25, 0.3) is 5.69 Å². The number of hydrazone groups is 1. The summed E-state index contributed by atoms with van der Waals surface area (Å²) in [4.78, 5) is 25.8. The van der Waals surface area contributed by atoms with Crippen molar-refractivity contribution in [3.8, 4) is 5.75 Å². The molecular weight excluding hydrogens is 670 g/mol. The summed E-state index contributed by atoms with van der Waals surface area (Å²) in [5.74, 6) is 0.904. The molecule has 0 amide bonds. The molecular formula is C20H18I2N8O4. The van der Waals surface area contributed by atoms with Gasteiger partial charge in [-0.2, -0.15) is 20.1 Å². The van der Waals surface area contributed by atoms with Gasteiger partial charge in [-0.25, -0.2) is 5.43 Å². The highest BCUT2D eigenvalue weighted by atomic mass is 127. The predicted octanol–water partition coefficient (Wildman–Crippen LogP) is 3.72. The second-order valence-corrected chi connectivity index (χ2v) is 9.42. The van der Waals surface area contributed by atoms with Crippen molar-refractivity contribution in [2.75, 3.05) is 41.9 Å². The summed E-state index contributed by atoms with van der Waals surface area (Å²) in [6.07, 6.45) is 1.48. The van der Waals surface area contributed by atoms with Gasteiger partial charge >= 0.3 is 0 Å². The summed E-state index contributed by atoms with van der Waals surface area (Å²) in [7, 11) is 0. The number of morpholine rings is 1. The Balaban J connectivity index is 1.61. The molecule has 1 fully saturated rings. The minimum Gasteiger partial charge on any atom is -0.506 e. The third-order valence-corrected chi connectivity index (χ3v) is 6.10. The van der Waals surface area contributed by atoms with E-state index < -0.39 is 4.92 Å². The normalized spacial score (nSPS) is 13.8. The van der Waals surface area contributed by atoms with Gasteiger partial charge < -0.3 is 20.1 Å². The molecule has 2 heterocycles.